The minimum Gasteiger partial charge on any atom is -0.325 e. The normalized spacial score (nSPS) is 15.1. The molecule has 1 heterocycles. The summed E-state index contributed by atoms with van der Waals surface area (Å²) in [6, 6.07) is 9.76. The molecule has 148 valence electrons. The number of carbonyl (C=O) groups excluding carboxylic acids is 2. The summed E-state index contributed by atoms with van der Waals surface area (Å²) < 4.78 is 26.7. The topological polar surface area (TPSA) is 71.1 Å². The Morgan fingerprint density at radius 3 is 2.59 bits per heavy atom. The van der Waals surface area contributed by atoms with Crippen molar-refractivity contribution in [3.05, 3.63) is 75.8 Å². The van der Waals surface area contributed by atoms with Crippen LogP contribution in [0.25, 0.3) is 0 Å². The molecule has 4 rings (SSSR count). The summed E-state index contributed by atoms with van der Waals surface area (Å²) in [7, 11) is 0. The van der Waals surface area contributed by atoms with Crippen LogP contribution in [0.1, 0.15) is 38.8 Å². The van der Waals surface area contributed by atoms with Gasteiger partial charge in [0.05, 0.1) is 11.6 Å². The van der Waals surface area contributed by atoms with E-state index in [-0.39, 0.29) is 11.7 Å². The van der Waals surface area contributed by atoms with Gasteiger partial charge in [0.2, 0.25) is 5.91 Å². The first-order valence-corrected chi connectivity index (χ1v) is 9.86. The quantitative estimate of drug-likeness (QED) is 0.654. The Bertz CT molecular complexity index is 1100. The van der Waals surface area contributed by atoms with Gasteiger partial charge in [-0.05, 0) is 61.7 Å². The van der Waals surface area contributed by atoms with Crippen molar-refractivity contribution in [2.24, 2.45) is 0 Å². The molecule has 0 saturated heterocycles. The van der Waals surface area contributed by atoms with Crippen LogP contribution in [-0.4, -0.2) is 16.8 Å². The molecule has 2 aromatic carbocycles. The summed E-state index contributed by atoms with van der Waals surface area (Å²) in [5.74, 6) is -1.91. The van der Waals surface area contributed by atoms with Gasteiger partial charge in [0.1, 0.15) is 11.6 Å². The summed E-state index contributed by atoms with van der Waals surface area (Å²) >= 11 is 1.32. The molecule has 2 N–H and O–H groups in total. The number of anilines is 2. The van der Waals surface area contributed by atoms with Gasteiger partial charge >= 0.3 is 0 Å². The number of nitrogens with one attached hydrogen (secondary N) is 2. The number of rotatable bonds is 4. The fourth-order valence-corrected chi connectivity index (χ4v) is 4.24. The largest absolute Gasteiger partial charge is 0.325 e. The summed E-state index contributed by atoms with van der Waals surface area (Å²) in [5, 5.41) is 5.82. The first-order chi connectivity index (χ1) is 13.9. The Morgan fingerprint density at radius 1 is 1.10 bits per heavy atom. The molecular weight excluding hydrogens is 396 g/mol. The Kier molecular flexibility index (Phi) is 5.10. The van der Waals surface area contributed by atoms with E-state index in [1.54, 1.807) is 19.1 Å². The molecule has 1 aromatic heterocycles. The third kappa shape index (κ3) is 4.02. The van der Waals surface area contributed by atoms with E-state index in [2.05, 4.69) is 15.6 Å². The molecule has 29 heavy (non-hydrogen) atoms. The van der Waals surface area contributed by atoms with E-state index in [9.17, 15) is 18.4 Å². The zero-order valence-corrected chi connectivity index (χ0v) is 16.3. The highest BCUT2D eigenvalue weighted by Gasteiger charge is 2.33. The maximum Gasteiger partial charge on any atom is 0.257 e. The second-order valence-electron chi connectivity index (χ2n) is 6.83. The third-order valence-corrected chi connectivity index (χ3v) is 5.85. The SMILES string of the molecule is Cc1ccc(NC(=O)C2CCc3sc(NC(=O)c4ccc(F)cc4)nc32)cc1F. The Balaban J connectivity index is 1.46. The van der Waals surface area contributed by atoms with Gasteiger partial charge in [-0.1, -0.05) is 6.07 Å². The van der Waals surface area contributed by atoms with Crippen LogP contribution in [0.4, 0.5) is 19.6 Å². The summed E-state index contributed by atoms with van der Waals surface area (Å²) in [5.41, 5.74) is 1.85. The number of benzene rings is 2. The van der Waals surface area contributed by atoms with Crippen LogP contribution in [-0.2, 0) is 11.2 Å². The van der Waals surface area contributed by atoms with E-state index in [1.165, 1.54) is 41.7 Å². The van der Waals surface area contributed by atoms with Gasteiger partial charge in [0, 0.05) is 16.1 Å². The minimum atomic E-state index is -0.456. The molecule has 0 spiro atoms. The fraction of sp³-hybridized carbons (Fsp3) is 0.190. The van der Waals surface area contributed by atoms with Gasteiger partial charge in [-0.25, -0.2) is 13.8 Å². The second kappa shape index (κ2) is 7.71. The summed E-state index contributed by atoms with van der Waals surface area (Å²) in [4.78, 5) is 30.3. The van der Waals surface area contributed by atoms with Crippen molar-refractivity contribution in [2.75, 3.05) is 10.6 Å². The van der Waals surface area contributed by atoms with Gasteiger partial charge in [-0.3, -0.25) is 14.9 Å². The predicted octanol–water partition coefficient (Wildman–Crippen LogP) is 4.65. The van der Waals surface area contributed by atoms with Crippen molar-refractivity contribution >= 4 is 34.0 Å². The van der Waals surface area contributed by atoms with Crippen molar-refractivity contribution < 1.29 is 18.4 Å². The van der Waals surface area contributed by atoms with E-state index in [0.717, 1.165) is 4.88 Å². The molecule has 1 aliphatic rings. The molecule has 1 unspecified atom stereocenters. The first kappa shape index (κ1) is 19.2. The standard InChI is InChI=1S/C21H17F2N3O2S/c1-11-2-7-14(10-16(11)23)24-20(28)15-8-9-17-18(15)25-21(29-17)26-19(27)12-3-5-13(22)6-4-12/h2-7,10,15H,8-9H2,1H3,(H,24,28)(H,25,26,27). The van der Waals surface area contributed by atoms with Crippen molar-refractivity contribution in [1.29, 1.82) is 0 Å². The fourth-order valence-electron chi connectivity index (χ4n) is 3.21. The Morgan fingerprint density at radius 2 is 1.86 bits per heavy atom. The lowest BCUT2D eigenvalue weighted by molar-refractivity contribution is -0.117. The van der Waals surface area contributed by atoms with Crippen molar-refractivity contribution in [3.8, 4) is 0 Å². The second-order valence-corrected chi connectivity index (χ2v) is 7.92. The van der Waals surface area contributed by atoms with Crippen LogP contribution < -0.4 is 10.6 Å². The lowest BCUT2D eigenvalue weighted by atomic mass is 10.1. The first-order valence-electron chi connectivity index (χ1n) is 9.04. The van der Waals surface area contributed by atoms with Crippen molar-refractivity contribution in [3.63, 3.8) is 0 Å². The van der Waals surface area contributed by atoms with E-state index in [0.29, 0.717) is 40.5 Å². The van der Waals surface area contributed by atoms with Crippen LogP contribution in [0.2, 0.25) is 0 Å². The maximum absolute atomic E-state index is 13.7. The highest BCUT2D eigenvalue weighted by molar-refractivity contribution is 7.16. The number of hydrogen-bond donors (Lipinski definition) is 2. The zero-order valence-electron chi connectivity index (χ0n) is 15.5. The van der Waals surface area contributed by atoms with Gasteiger partial charge in [0.15, 0.2) is 5.13 Å². The van der Waals surface area contributed by atoms with Crippen LogP contribution in [0.3, 0.4) is 0 Å². The number of thiazole rings is 1. The van der Waals surface area contributed by atoms with E-state index in [1.807, 2.05) is 0 Å². The number of halogens is 2. The van der Waals surface area contributed by atoms with Crippen LogP contribution >= 0.6 is 11.3 Å². The average Bonchev–Trinajstić information content (AvgIpc) is 3.25. The van der Waals surface area contributed by atoms with Gasteiger partial charge in [0.25, 0.3) is 5.91 Å². The van der Waals surface area contributed by atoms with Gasteiger partial charge < -0.3 is 5.32 Å². The summed E-state index contributed by atoms with van der Waals surface area (Å²) in [6.07, 6.45) is 1.29. The molecular formula is C21H17F2N3O2S. The average molecular weight is 413 g/mol. The lowest BCUT2D eigenvalue weighted by Crippen LogP contribution is -2.20. The predicted molar refractivity (Wildman–Crippen MR) is 107 cm³/mol. The molecule has 3 aromatic rings. The molecule has 0 fully saturated rings. The summed E-state index contributed by atoms with van der Waals surface area (Å²) in [6.45, 7) is 1.65. The Hall–Kier alpha value is -3.13. The highest BCUT2D eigenvalue weighted by atomic mass is 32.1. The zero-order chi connectivity index (χ0) is 20.5. The molecule has 0 aliphatic heterocycles. The number of amides is 2. The molecule has 0 bridgehead atoms. The molecule has 1 aliphatic carbocycles. The smallest absolute Gasteiger partial charge is 0.257 e. The third-order valence-electron chi connectivity index (χ3n) is 4.80. The number of aromatic nitrogens is 1. The maximum atomic E-state index is 13.7. The number of aryl methyl sites for hydroxylation is 2. The highest BCUT2D eigenvalue weighted by Crippen LogP contribution is 2.39. The molecule has 8 heteroatoms. The van der Waals surface area contributed by atoms with Crippen molar-refractivity contribution in [1.82, 2.24) is 4.98 Å². The monoisotopic (exact) mass is 413 g/mol. The minimum absolute atomic E-state index is 0.256. The van der Waals surface area contributed by atoms with E-state index in [4.69, 9.17) is 0 Å². The van der Waals surface area contributed by atoms with E-state index >= 15 is 0 Å². The lowest BCUT2D eigenvalue weighted by Gasteiger charge is -2.11. The van der Waals surface area contributed by atoms with Gasteiger partial charge in [-0.15, -0.1) is 11.3 Å². The Labute approximate surface area is 169 Å². The molecule has 1 atom stereocenters. The molecule has 0 radical (unpaired) electrons. The van der Waals surface area contributed by atoms with Crippen LogP contribution in [0.15, 0.2) is 42.5 Å². The van der Waals surface area contributed by atoms with Crippen LogP contribution in [0, 0.1) is 18.6 Å². The number of fused-ring (bicyclic) bond motifs is 1. The molecule has 0 saturated carbocycles. The molecule has 2 amide bonds. The van der Waals surface area contributed by atoms with E-state index < -0.39 is 17.6 Å². The number of carbonyl (C=O) groups is 2. The van der Waals surface area contributed by atoms with Crippen molar-refractivity contribution in [2.45, 2.75) is 25.7 Å². The molecule has 5 nitrogen and oxygen atoms in total. The number of hydrogen-bond acceptors (Lipinski definition) is 4. The number of nitrogens with zero attached hydrogens (tertiary/aromatic N) is 1. The van der Waals surface area contributed by atoms with Gasteiger partial charge in [-0.2, -0.15) is 0 Å². The van der Waals surface area contributed by atoms with Crippen LogP contribution in [0.5, 0.6) is 0 Å².